The Bertz CT molecular complexity index is 3570. The Morgan fingerprint density at radius 1 is 0.333 bits per heavy atom. The van der Waals surface area contributed by atoms with Crippen molar-refractivity contribution in [2.75, 3.05) is 172 Å². The monoisotopic (exact) mass is 2060 g/mol. The molecule has 0 radical (unpaired) electrons. The van der Waals surface area contributed by atoms with Gasteiger partial charge in [-0.25, -0.2) is 4.79 Å². The second-order valence-electron chi connectivity index (χ2n) is 50.7. The Kier molecular flexibility index (Phi) is 54.4. The Balaban J connectivity index is 0.000000696. The van der Waals surface area contributed by atoms with Gasteiger partial charge in [0.25, 0.3) is 0 Å². The first-order valence-electron chi connectivity index (χ1n) is 50.8. The molecule has 13 aliphatic heterocycles. The van der Waals surface area contributed by atoms with Crippen LogP contribution in [-0.2, 0) is 124 Å². The SMILES string of the molecule is C=C(C)C(=O)OCCO.C=CC1OCC2(CO1)COC(C=C)OC2.CC(=O)C(CC(C)(CC(C=O)C(C)(C)C)C(=O)OCCO)C(C)(C)C.CC(CC(C=O)C(C)(C)C)(CC(C=O)C(C)(C)C)C(=O)OCCO.CC1(C(=O)OCCO)CC(C(C)(C)C)C2OCC3(CO2)COC(OC3)C(C(C)(C)C)CC(C)(C(=O)OCCO)CC(C(C)(C)C)C2OCC3(COC(OC3)C(C(C)(C)C)C1)CO2.OCC(CO)(CO)CO. The number of carbonyl (C=O) groups is 9. The van der Waals surface area contributed by atoms with Crippen molar-refractivity contribution in [2.24, 2.45) is 134 Å². The summed E-state index contributed by atoms with van der Waals surface area (Å²) in [5.74, 6) is -4.43. The molecule has 13 aliphatic rings. The fraction of sp³-hybridized carbons (Fsp3) is 0.862. The van der Waals surface area contributed by atoms with Gasteiger partial charge in [0.2, 0.25) is 0 Å². The summed E-state index contributed by atoms with van der Waals surface area (Å²) >= 11 is 0. The van der Waals surface area contributed by atoms with Gasteiger partial charge < -0.3 is 141 Å². The number of ketones is 1. The van der Waals surface area contributed by atoms with Crippen LogP contribution in [0.15, 0.2) is 37.5 Å². The molecule has 0 saturated carbocycles. The summed E-state index contributed by atoms with van der Waals surface area (Å²) in [6.45, 7) is 72.0. The van der Waals surface area contributed by atoms with Crippen molar-refractivity contribution >= 4 is 54.5 Å². The minimum absolute atomic E-state index is 0.0205. The molecule has 35 nitrogen and oxygen atoms in total. The number of ether oxygens (including phenoxy) is 17. The van der Waals surface area contributed by atoms with Gasteiger partial charge in [-0.15, -0.1) is 0 Å². The summed E-state index contributed by atoms with van der Waals surface area (Å²) in [4.78, 5) is 111. The third kappa shape index (κ3) is 41.9. The van der Waals surface area contributed by atoms with Crippen molar-refractivity contribution in [3.8, 4) is 0 Å². The highest BCUT2D eigenvalue weighted by Gasteiger charge is 2.58. The molecule has 0 amide bonds. The average Bonchev–Trinajstić information content (AvgIpc) is 0.757. The van der Waals surface area contributed by atoms with Crippen LogP contribution < -0.4 is 0 Å². The van der Waals surface area contributed by atoms with E-state index in [1.54, 1.807) is 32.9 Å². The molecule has 9 atom stereocenters. The van der Waals surface area contributed by atoms with Gasteiger partial charge in [0.15, 0.2) is 37.7 Å². The number of aliphatic hydroxyl groups excluding tert-OH is 9. The smallest absolute Gasteiger partial charge is 0.333 e. The molecule has 144 heavy (non-hydrogen) atoms. The molecule has 0 aromatic heterocycles. The van der Waals surface area contributed by atoms with Gasteiger partial charge in [-0.2, -0.15) is 0 Å². The molecule has 0 aliphatic carbocycles. The number of aliphatic hydroxyl groups is 9. The maximum absolute atomic E-state index is 14.3. The Labute approximate surface area is 860 Å². The van der Waals surface area contributed by atoms with Crippen LogP contribution in [-0.4, -0.2) is 310 Å². The molecule has 35 heteroatoms. The predicted octanol–water partition coefficient (Wildman–Crippen LogP) is 12.3. The summed E-state index contributed by atoms with van der Waals surface area (Å²) in [5.41, 5.74) is -8.62. The summed E-state index contributed by atoms with van der Waals surface area (Å²) in [7, 11) is 0. The van der Waals surface area contributed by atoms with E-state index in [-0.39, 0.29) is 181 Å². The normalized spacial score (nSPS) is 28.6. The number of carbonyl (C=O) groups excluding carboxylic acids is 9. The van der Waals surface area contributed by atoms with Gasteiger partial charge >= 0.3 is 29.8 Å². The minimum Gasteiger partial charge on any atom is -0.463 e. The molecule has 0 aromatic rings. The molecule has 9 unspecified atom stereocenters. The van der Waals surface area contributed by atoms with E-state index in [2.05, 4.69) is 108 Å². The lowest BCUT2D eigenvalue weighted by Crippen LogP contribution is -2.58. The first kappa shape index (κ1) is 134. The summed E-state index contributed by atoms with van der Waals surface area (Å²) in [5, 5.41) is 79.4. The van der Waals surface area contributed by atoms with Crippen LogP contribution >= 0.6 is 0 Å². The lowest BCUT2D eigenvalue weighted by Gasteiger charge is -2.52. The molecule has 838 valence electrons. The van der Waals surface area contributed by atoms with E-state index in [0.717, 1.165) is 18.9 Å². The van der Waals surface area contributed by atoms with Gasteiger partial charge in [-0.05, 0) is 148 Å². The van der Waals surface area contributed by atoms with Crippen LogP contribution in [0.3, 0.4) is 0 Å². The first-order chi connectivity index (χ1) is 66.3. The maximum Gasteiger partial charge on any atom is 0.333 e. The lowest BCUT2D eigenvalue weighted by molar-refractivity contribution is -0.334. The second-order valence-corrected chi connectivity index (χ2v) is 50.7. The quantitative estimate of drug-likeness (QED) is 0.00968. The zero-order valence-corrected chi connectivity index (χ0v) is 93.3. The van der Waals surface area contributed by atoms with E-state index in [1.807, 2.05) is 96.9 Å². The molecule has 13 heterocycles. The topological polar surface area (TPSA) is 493 Å². The van der Waals surface area contributed by atoms with Gasteiger partial charge in [0.05, 0.1) is 182 Å². The number of aldehydes is 3. The van der Waals surface area contributed by atoms with E-state index in [9.17, 15) is 53.4 Å². The highest BCUT2D eigenvalue weighted by atomic mass is 16.7. The van der Waals surface area contributed by atoms with Crippen molar-refractivity contribution in [3.63, 3.8) is 0 Å². The standard InChI is InChI=1S/C48H84O14.C20H36O5.C19H34O5.C11H16O4.C6H10O3.C5H12O4/c1-41(2,3)31-19-45(13,39(51)53-17-15-49)20-32(42(4,5)6)36-59-27-48(28-60-36)29-61-38(62-30-48)34(44(10,11)12)22-46(14,40(52)54-18-16-50)21-33(43(7,8)9)37-57-25-47(26-58-37)23-55-35(31)56-24-47;1-14(23)16(19(5,6)7)12-20(8,17(24)25-10-9-21)11-15(13-22)18(2,3)4;1-17(2,3)14(12-21)10-19(7,16(23)24-9-8-20)11-15(13-22)18(4,5)6;1-3-9-12-5-11(6-13-9)7-14-10(4-2)15-8-11;1-5(2)6(8)9-4-3-7;6-1-5(2-7,3-8)4-9/h31-38,49-50H,15-30H2,1-14H3;13,15-16,21H,9-12H2,1-8H3;12-15,20H,8-11H2,1-7H3;3-4,9-10H,1-2,5-8H2;7H,1,3-4H2,2H3;6-9H,1-4H2. The lowest BCUT2D eigenvalue weighted by atomic mass is 9.64. The number of esters is 5. The van der Waals surface area contributed by atoms with Crippen LogP contribution in [0.25, 0.3) is 0 Å². The van der Waals surface area contributed by atoms with Gasteiger partial charge in [0.1, 0.15) is 57.7 Å². The molecular formula is C109H192O35. The molecular weight excluding hydrogens is 1870 g/mol. The number of hydrogen-bond donors (Lipinski definition) is 9. The number of rotatable bonds is 33. The fourth-order valence-corrected chi connectivity index (χ4v) is 18.0. The fourth-order valence-electron chi connectivity index (χ4n) is 18.0. The van der Waals surface area contributed by atoms with E-state index < -0.39 is 119 Å². The van der Waals surface area contributed by atoms with Crippen molar-refractivity contribution in [1.82, 2.24) is 0 Å². The zero-order chi connectivity index (χ0) is 111. The van der Waals surface area contributed by atoms with Crippen molar-refractivity contribution in [2.45, 2.75) is 297 Å². The predicted molar refractivity (Wildman–Crippen MR) is 539 cm³/mol. The molecule has 3 spiro atoms. The number of Topliss-reactive ketones (excluding diaryl/α,β-unsaturated/α-hetero) is 1. The summed E-state index contributed by atoms with van der Waals surface area (Å²) < 4.78 is 102. The average molecular weight is 2060 g/mol. The highest BCUT2D eigenvalue weighted by molar-refractivity contribution is 5.87. The maximum atomic E-state index is 14.3. The Hall–Kier alpha value is -5.59. The van der Waals surface area contributed by atoms with Gasteiger partial charge in [0, 0.05) is 52.9 Å². The van der Waals surface area contributed by atoms with Crippen LogP contribution in [0, 0.1) is 134 Å². The Morgan fingerprint density at radius 3 is 0.722 bits per heavy atom. The van der Waals surface area contributed by atoms with E-state index in [0.29, 0.717) is 136 Å². The van der Waals surface area contributed by atoms with Crippen molar-refractivity contribution < 1.29 is 170 Å². The molecule has 6 bridgehead atoms. The van der Waals surface area contributed by atoms with Crippen LogP contribution in [0.2, 0.25) is 0 Å². The molecule has 0 aromatic carbocycles. The van der Waals surface area contributed by atoms with E-state index in [4.69, 9.17) is 112 Å². The number of hydrogen-bond acceptors (Lipinski definition) is 35. The van der Waals surface area contributed by atoms with Crippen LogP contribution in [0.1, 0.15) is 259 Å². The molecule has 13 saturated heterocycles. The van der Waals surface area contributed by atoms with Gasteiger partial charge in [-0.1, -0.05) is 186 Å². The van der Waals surface area contributed by atoms with Crippen LogP contribution in [0.4, 0.5) is 0 Å². The van der Waals surface area contributed by atoms with Crippen molar-refractivity contribution in [3.05, 3.63) is 37.5 Å². The Morgan fingerprint density at radius 2 is 0.549 bits per heavy atom. The van der Waals surface area contributed by atoms with Gasteiger partial charge in [-0.3, -0.25) is 24.0 Å². The molecule has 13 fully saturated rings. The zero-order valence-electron chi connectivity index (χ0n) is 93.3. The third-order valence-corrected chi connectivity index (χ3v) is 28.8. The van der Waals surface area contributed by atoms with E-state index in [1.165, 1.54) is 6.92 Å². The highest BCUT2D eigenvalue weighted by Crippen LogP contribution is 2.55. The van der Waals surface area contributed by atoms with E-state index >= 15 is 0 Å². The third-order valence-electron chi connectivity index (χ3n) is 28.8. The second kappa shape index (κ2) is 58.3. The summed E-state index contributed by atoms with van der Waals surface area (Å²) in [6.07, 6.45) is 5.65. The van der Waals surface area contributed by atoms with Crippen LogP contribution in [0.5, 0.6) is 0 Å². The summed E-state index contributed by atoms with van der Waals surface area (Å²) in [6, 6.07) is 0. The minimum atomic E-state index is -1.11. The molecule has 13 rings (SSSR count). The van der Waals surface area contributed by atoms with Crippen molar-refractivity contribution in [1.29, 1.82) is 0 Å². The largest absolute Gasteiger partial charge is 0.463 e. The molecule has 9 N–H and O–H groups in total. The first-order valence-corrected chi connectivity index (χ1v) is 50.8.